The van der Waals surface area contributed by atoms with Crippen molar-refractivity contribution in [2.45, 2.75) is 129 Å². The fraction of sp³-hybridized carbons (Fsp3) is 0.926. The number of carboxylic acids is 1. The maximum absolute atomic E-state index is 11.9. The standard InChI is InChI=1S/C27H53NO5/c1-2-3-4-5-6-7-8-12-18-25-33-27(32)20-15-13-17-22-28(23-24-29)21-16-11-9-10-14-19-26(30)31/h29H,2-25H2,1H3,(H,30,31). The maximum Gasteiger partial charge on any atom is 0.305 e. The van der Waals surface area contributed by atoms with E-state index in [0.717, 1.165) is 77.3 Å². The first-order valence-corrected chi connectivity index (χ1v) is 13.8. The Morgan fingerprint density at radius 2 is 1.12 bits per heavy atom. The van der Waals surface area contributed by atoms with E-state index in [9.17, 15) is 14.7 Å². The van der Waals surface area contributed by atoms with Gasteiger partial charge in [0.05, 0.1) is 13.2 Å². The van der Waals surface area contributed by atoms with Crippen LogP contribution in [-0.4, -0.2) is 59.9 Å². The van der Waals surface area contributed by atoms with Gasteiger partial charge in [0.15, 0.2) is 0 Å². The summed E-state index contributed by atoms with van der Waals surface area (Å²) in [5.41, 5.74) is 0. The summed E-state index contributed by atoms with van der Waals surface area (Å²) < 4.78 is 5.36. The van der Waals surface area contributed by atoms with E-state index in [1.165, 1.54) is 44.9 Å². The van der Waals surface area contributed by atoms with Gasteiger partial charge in [-0.25, -0.2) is 0 Å². The summed E-state index contributed by atoms with van der Waals surface area (Å²) in [7, 11) is 0. The van der Waals surface area contributed by atoms with Gasteiger partial charge in [-0.3, -0.25) is 9.59 Å². The molecule has 0 heterocycles. The van der Waals surface area contributed by atoms with Crippen LogP contribution in [-0.2, 0) is 14.3 Å². The van der Waals surface area contributed by atoms with E-state index < -0.39 is 5.97 Å². The zero-order valence-corrected chi connectivity index (χ0v) is 21.5. The van der Waals surface area contributed by atoms with Gasteiger partial charge in [-0.05, 0) is 45.2 Å². The zero-order valence-electron chi connectivity index (χ0n) is 21.5. The molecule has 0 aromatic carbocycles. The lowest BCUT2D eigenvalue weighted by Gasteiger charge is -2.21. The number of aliphatic carboxylic acids is 1. The number of nitrogens with zero attached hydrogens (tertiary/aromatic N) is 1. The van der Waals surface area contributed by atoms with Crippen LogP contribution in [0.4, 0.5) is 0 Å². The third kappa shape index (κ3) is 25.3. The summed E-state index contributed by atoms with van der Waals surface area (Å²) in [6.45, 7) is 5.60. The normalized spacial score (nSPS) is 11.2. The van der Waals surface area contributed by atoms with Gasteiger partial charge in [0.2, 0.25) is 0 Å². The van der Waals surface area contributed by atoms with Gasteiger partial charge >= 0.3 is 11.9 Å². The molecule has 0 radical (unpaired) electrons. The smallest absolute Gasteiger partial charge is 0.305 e. The Bertz CT molecular complexity index is 444. The van der Waals surface area contributed by atoms with Gasteiger partial charge < -0.3 is 19.8 Å². The third-order valence-electron chi connectivity index (χ3n) is 6.15. The number of carbonyl (C=O) groups is 2. The average Bonchev–Trinajstić information content (AvgIpc) is 2.79. The van der Waals surface area contributed by atoms with Crippen LogP contribution in [0.5, 0.6) is 0 Å². The number of ether oxygens (including phenoxy) is 1. The van der Waals surface area contributed by atoms with Crippen molar-refractivity contribution in [1.29, 1.82) is 0 Å². The van der Waals surface area contributed by atoms with E-state index in [1.54, 1.807) is 0 Å². The summed E-state index contributed by atoms with van der Waals surface area (Å²) >= 11 is 0. The molecule has 0 saturated carbocycles. The molecule has 0 spiro atoms. The number of carboxylic acid groups (broad SMARTS) is 1. The molecule has 2 N–H and O–H groups in total. The van der Waals surface area contributed by atoms with Crippen LogP contribution >= 0.6 is 0 Å². The fourth-order valence-corrected chi connectivity index (χ4v) is 4.07. The summed E-state index contributed by atoms with van der Waals surface area (Å²) in [6, 6.07) is 0. The van der Waals surface area contributed by atoms with Gasteiger partial charge in [0, 0.05) is 19.4 Å². The van der Waals surface area contributed by atoms with Gasteiger partial charge in [-0.1, -0.05) is 84.0 Å². The molecular formula is C27H53NO5. The van der Waals surface area contributed by atoms with Crippen LogP contribution in [0.1, 0.15) is 129 Å². The summed E-state index contributed by atoms with van der Waals surface area (Å²) in [4.78, 5) is 24.7. The number of hydrogen-bond acceptors (Lipinski definition) is 5. The van der Waals surface area contributed by atoms with Crippen LogP contribution in [0, 0.1) is 0 Å². The Morgan fingerprint density at radius 1 is 0.636 bits per heavy atom. The quantitative estimate of drug-likeness (QED) is 0.113. The Morgan fingerprint density at radius 3 is 1.70 bits per heavy atom. The van der Waals surface area contributed by atoms with Crippen molar-refractivity contribution < 1.29 is 24.5 Å². The van der Waals surface area contributed by atoms with Gasteiger partial charge in [-0.2, -0.15) is 0 Å². The lowest BCUT2D eigenvalue weighted by atomic mass is 10.1. The highest BCUT2D eigenvalue weighted by Crippen LogP contribution is 2.11. The number of rotatable bonds is 26. The minimum Gasteiger partial charge on any atom is -0.481 e. The lowest BCUT2D eigenvalue weighted by molar-refractivity contribution is -0.144. The van der Waals surface area contributed by atoms with Crippen molar-refractivity contribution in [2.24, 2.45) is 0 Å². The van der Waals surface area contributed by atoms with E-state index in [-0.39, 0.29) is 19.0 Å². The molecule has 0 unspecified atom stereocenters. The Balaban J connectivity index is 3.52. The van der Waals surface area contributed by atoms with Crippen LogP contribution in [0.3, 0.4) is 0 Å². The molecule has 0 saturated heterocycles. The number of unbranched alkanes of at least 4 members (excludes halogenated alkanes) is 14. The average molecular weight is 472 g/mol. The molecular weight excluding hydrogens is 418 g/mol. The second-order valence-electron chi connectivity index (χ2n) is 9.34. The summed E-state index contributed by atoms with van der Waals surface area (Å²) in [6.07, 6.45) is 20.1. The first-order valence-electron chi connectivity index (χ1n) is 13.8. The fourth-order valence-electron chi connectivity index (χ4n) is 4.07. The van der Waals surface area contributed by atoms with Crippen molar-refractivity contribution in [3.63, 3.8) is 0 Å². The highest BCUT2D eigenvalue weighted by molar-refractivity contribution is 5.69. The summed E-state index contributed by atoms with van der Waals surface area (Å²) in [5.74, 6) is -0.777. The first kappa shape index (κ1) is 31.9. The molecule has 33 heavy (non-hydrogen) atoms. The molecule has 0 amide bonds. The second kappa shape index (κ2) is 25.5. The number of hydrogen-bond donors (Lipinski definition) is 2. The molecule has 0 aliphatic rings. The van der Waals surface area contributed by atoms with E-state index in [4.69, 9.17) is 9.84 Å². The second-order valence-corrected chi connectivity index (χ2v) is 9.34. The molecule has 6 nitrogen and oxygen atoms in total. The van der Waals surface area contributed by atoms with Crippen LogP contribution < -0.4 is 0 Å². The largest absolute Gasteiger partial charge is 0.481 e. The number of carbonyl (C=O) groups excluding carboxylic acids is 1. The maximum atomic E-state index is 11.9. The molecule has 0 aromatic rings. The molecule has 0 rings (SSSR count). The number of esters is 1. The molecule has 0 atom stereocenters. The lowest BCUT2D eigenvalue weighted by Crippen LogP contribution is -2.29. The van der Waals surface area contributed by atoms with Crippen molar-refractivity contribution in [3.05, 3.63) is 0 Å². The Kier molecular flexibility index (Phi) is 24.6. The molecule has 0 fully saturated rings. The highest BCUT2D eigenvalue weighted by atomic mass is 16.5. The predicted octanol–water partition coefficient (Wildman–Crippen LogP) is 6.34. The van der Waals surface area contributed by atoms with Crippen LogP contribution in [0.15, 0.2) is 0 Å². The molecule has 196 valence electrons. The van der Waals surface area contributed by atoms with Crippen molar-refractivity contribution in [2.75, 3.05) is 32.8 Å². The molecule has 6 heteroatoms. The van der Waals surface area contributed by atoms with Crippen LogP contribution in [0.2, 0.25) is 0 Å². The molecule has 0 bridgehead atoms. The molecule has 0 aliphatic heterocycles. The predicted molar refractivity (Wildman–Crippen MR) is 136 cm³/mol. The molecule has 0 aromatic heterocycles. The SMILES string of the molecule is CCCCCCCCCCCOC(=O)CCCCCN(CCO)CCCCCCCC(=O)O. The van der Waals surface area contributed by atoms with Gasteiger partial charge in [-0.15, -0.1) is 0 Å². The third-order valence-corrected chi connectivity index (χ3v) is 6.15. The van der Waals surface area contributed by atoms with E-state index in [0.29, 0.717) is 19.6 Å². The minimum atomic E-state index is -0.712. The number of aliphatic hydroxyl groups excluding tert-OH is 1. The monoisotopic (exact) mass is 471 g/mol. The van der Waals surface area contributed by atoms with E-state index in [1.807, 2.05) is 0 Å². The van der Waals surface area contributed by atoms with Crippen molar-refractivity contribution in [3.8, 4) is 0 Å². The summed E-state index contributed by atoms with van der Waals surface area (Å²) in [5, 5.41) is 17.9. The Hall–Kier alpha value is -1.14. The minimum absolute atomic E-state index is 0.0651. The van der Waals surface area contributed by atoms with Gasteiger partial charge in [0.25, 0.3) is 0 Å². The first-order chi connectivity index (χ1) is 16.1. The van der Waals surface area contributed by atoms with E-state index in [2.05, 4.69) is 11.8 Å². The van der Waals surface area contributed by atoms with Crippen LogP contribution in [0.25, 0.3) is 0 Å². The number of aliphatic hydroxyl groups is 1. The molecule has 0 aliphatic carbocycles. The van der Waals surface area contributed by atoms with Gasteiger partial charge in [0.1, 0.15) is 0 Å². The Labute approximate surface area is 203 Å². The highest BCUT2D eigenvalue weighted by Gasteiger charge is 2.06. The van der Waals surface area contributed by atoms with Crippen molar-refractivity contribution >= 4 is 11.9 Å². The van der Waals surface area contributed by atoms with Crippen molar-refractivity contribution in [1.82, 2.24) is 4.90 Å². The van der Waals surface area contributed by atoms with E-state index >= 15 is 0 Å². The zero-order chi connectivity index (χ0) is 24.4. The topological polar surface area (TPSA) is 87.1 Å².